The van der Waals surface area contributed by atoms with E-state index in [1.54, 1.807) is 6.92 Å². The second kappa shape index (κ2) is 6.15. The Kier molecular flexibility index (Phi) is 4.82. The van der Waals surface area contributed by atoms with Crippen molar-refractivity contribution in [2.45, 2.75) is 26.2 Å². The minimum absolute atomic E-state index is 0.0974. The third kappa shape index (κ3) is 3.92. The molecule has 0 aromatic heterocycles. The third-order valence-electron chi connectivity index (χ3n) is 2.43. The summed E-state index contributed by atoms with van der Waals surface area (Å²) in [6.07, 6.45) is 3.35. The van der Waals surface area contributed by atoms with Crippen LogP contribution < -0.4 is 0 Å². The zero-order valence-electron chi connectivity index (χ0n) is 9.44. The molecule has 1 aliphatic rings. The number of likely N-dealkylation sites (tertiary alicyclic amines) is 1. The SMILES string of the molecule is CCOC(=O)/C=C1\CCCN1CCC(=O)O. The van der Waals surface area contributed by atoms with Crippen LogP contribution in [0.15, 0.2) is 11.8 Å². The lowest BCUT2D eigenvalue weighted by molar-refractivity contribution is -0.137. The molecule has 0 atom stereocenters. The number of nitrogens with zero attached hydrogens (tertiary/aromatic N) is 1. The van der Waals surface area contributed by atoms with Gasteiger partial charge in [0, 0.05) is 24.9 Å². The number of ether oxygens (including phenoxy) is 1. The van der Waals surface area contributed by atoms with E-state index in [0.29, 0.717) is 13.2 Å². The Labute approximate surface area is 94.7 Å². The van der Waals surface area contributed by atoms with Crippen LogP contribution in [0.3, 0.4) is 0 Å². The molecule has 1 heterocycles. The number of carboxylic acids is 1. The van der Waals surface area contributed by atoms with E-state index in [0.717, 1.165) is 25.1 Å². The van der Waals surface area contributed by atoms with E-state index in [-0.39, 0.29) is 12.4 Å². The van der Waals surface area contributed by atoms with Gasteiger partial charge in [0.2, 0.25) is 0 Å². The summed E-state index contributed by atoms with van der Waals surface area (Å²) in [5.41, 5.74) is 0.889. The van der Waals surface area contributed by atoms with Gasteiger partial charge >= 0.3 is 11.9 Å². The first-order valence-corrected chi connectivity index (χ1v) is 5.47. The molecular formula is C11H17NO4. The first kappa shape index (κ1) is 12.5. The van der Waals surface area contributed by atoms with E-state index in [9.17, 15) is 9.59 Å². The van der Waals surface area contributed by atoms with Crippen LogP contribution in [-0.2, 0) is 14.3 Å². The highest BCUT2D eigenvalue weighted by Crippen LogP contribution is 2.20. The average Bonchev–Trinajstić information content (AvgIpc) is 2.62. The lowest BCUT2D eigenvalue weighted by Gasteiger charge is -2.18. The number of carbonyl (C=O) groups is 2. The second-order valence-electron chi connectivity index (χ2n) is 3.62. The van der Waals surface area contributed by atoms with Gasteiger partial charge in [0.1, 0.15) is 0 Å². The van der Waals surface area contributed by atoms with Crippen molar-refractivity contribution in [1.29, 1.82) is 0 Å². The molecule has 5 heteroatoms. The topological polar surface area (TPSA) is 66.8 Å². The molecule has 1 fully saturated rings. The molecule has 5 nitrogen and oxygen atoms in total. The summed E-state index contributed by atoms with van der Waals surface area (Å²) in [6.45, 7) is 3.39. The Bertz CT molecular complexity index is 298. The molecule has 1 saturated heterocycles. The number of aliphatic carboxylic acids is 1. The Morgan fingerprint density at radius 1 is 1.56 bits per heavy atom. The summed E-state index contributed by atoms with van der Waals surface area (Å²) < 4.78 is 4.82. The fraction of sp³-hybridized carbons (Fsp3) is 0.636. The molecule has 0 aromatic carbocycles. The molecule has 0 aromatic rings. The van der Waals surface area contributed by atoms with Crippen molar-refractivity contribution >= 4 is 11.9 Å². The summed E-state index contributed by atoms with van der Waals surface area (Å²) in [7, 11) is 0. The van der Waals surface area contributed by atoms with Crippen LogP contribution in [-0.4, -0.2) is 41.6 Å². The molecule has 0 radical (unpaired) electrons. The maximum atomic E-state index is 11.2. The monoisotopic (exact) mass is 227 g/mol. The Morgan fingerprint density at radius 3 is 2.94 bits per heavy atom. The molecule has 0 saturated carbocycles. The van der Waals surface area contributed by atoms with Crippen molar-refractivity contribution in [3.8, 4) is 0 Å². The Morgan fingerprint density at radius 2 is 2.31 bits per heavy atom. The van der Waals surface area contributed by atoms with Gasteiger partial charge in [-0.15, -0.1) is 0 Å². The second-order valence-corrected chi connectivity index (χ2v) is 3.62. The number of rotatable bonds is 5. The molecule has 0 unspecified atom stereocenters. The quantitative estimate of drug-likeness (QED) is 0.560. The van der Waals surface area contributed by atoms with E-state index >= 15 is 0 Å². The summed E-state index contributed by atoms with van der Waals surface area (Å²) >= 11 is 0. The molecule has 0 amide bonds. The largest absolute Gasteiger partial charge is 0.481 e. The number of esters is 1. The standard InChI is InChI=1S/C11H17NO4/c1-2-16-11(15)8-9-4-3-6-12(9)7-5-10(13)14/h8H,2-7H2,1H3,(H,13,14)/b9-8+. The lowest BCUT2D eigenvalue weighted by Crippen LogP contribution is -2.22. The molecule has 1 rings (SSSR count). The van der Waals surface area contributed by atoms with E-state index in [1.165, 1.54) is 6.08 Å². The van der Waals surface area contributed by atoms with Gasteiger partial charge in [-0.25, -0.2) is 4.79 Å². The first-order chi connectivity index (χ1) is 7.63. The van der Waals surface area contributed by atoms with Crippen LogP contribution >= 0.6 is 0 Å². The summed E-state index contributed by atoms with van der Waals surface area (Å²) in [4.78, 5) is 23.6. The van der Waals surface area contributed by atoms with Crippen LogP contribution in [0.2, 0.25) is 0 Å². The van der Waals surface area contributed by atoms with Crippen molar-refractivity contribution < 1.29 is 19.4 Å². The summed E-state index contributed by atoms with van der Waals surface area (Å²) in [5, 5.41) is 8.59. The van der Waals surface area contributed by atoms with Crippen molar-refractivity contribution in [3.63, 3.8) is 0 Å². The van der Waals surface area contributed by atoms with Gasteiger partial charge < -0.3 is 14.7 Å². The van der Waals surface area contributed by atoms with Gasteiger partial charge in [0.15, 0.2) is 0 Å². The van der Waals surface area contributed by atoms with E-state index < -0.39 is 5.97 Å². The van der Waals surface area contributed by atoms with E-state index in [1.807, 2.05) is 4.90 Å². The van der Waals surface area contributed by atoms with Crippen molar-refractivity contribution in [3.05, 3.63) is 11.8 Å². The van der Waals surface area contributed by atoms with Crippen LogP contribution in [0.5, 0.6) is 0 Å². The van der Waals surface area contributed by atoms with Crippen LogP contribution in [0.25, 0.3) is 0 Å². The Balaban J connectivity index is 2.51. The lowest BCUT2D eigenvalue weighted by atomic mass is 10.3. The van der Waals surface area contributed by atoms with Crippen molar-refractivity contribution in [2.75, 3.05) is 19.7 Å². The van der Waals surface area contributed by atoms with Gasteiger partial charge in [0.05, 0.1) is 13.0 Å². The fourth-order valence-electron chi connectivity index (χ4n) is 1.72. The molecule has 1 N–H and O–H groups in total. The predicted octanol–water partition coefficient (Wildman–Crippen LogP) is 1.00. The normalized spacial score (nSPS) is 17.8. The number of carboxylic acid groups (broad SMARTS) is 1. The fourth-order valence-corrected chi connectivity index (χ4v) is 1.72. The summed E-state index contributed by atoms with van der Waals surface area (Å²) in [6, 6.07) is 0. The molecule has 1 aliphatic heterocycles. The van der Waals surface area contributed by atoms with Gasteiger partial charge in [-0.3, -0.25) is 4.79 Å². The molecular weight excluding hydrogens is 210 g/mol. The summed E-state index contributed by atoms with van der Waals surface area (Å²) in [5.74, 6) is -1.16. The van der Waals surface area contributed by atoms with Crippen molar-refractivity contribution in [1.82, 2.24) is 4.90 Å². The highest BCUT2D eigenvalue weighted by molar-refractivity contribution is 5.82. The third-order valence-corrected chi connectivity index (χ3v) is 2.43. The molecule has 16 heavy (non-hydrogen) atoms. The minimum atomic E-state index is -0.817. The number of hydrogen-bond donors (Lipinski definition) is 1. The zero-order chi connectivity index (χ0) is 12.0. The van der Waals surface area contributed by atoms with Crippen LogP contribution in [0.4, 0.5) is 0 Å². The highest BCUT2D eigenvalue weighted by Gasteiger charge is 2.18. The van der Waals surface area contributed by atoms with E-state index in [2.05, 4.69) is 0 Å². The minimum Gasteiger partial charge on any atom is -0.481 e. The molecule has 90 valence electrons. The Hall–Kier alpha value is -1.52. The van der Waals surface area contributed by atoms with E-state index in [4.69, 9.17) is 9.84 Å². The zero-order valence-corrected chi connectivity index (χ0v) is 9.44. The molecule has 0 bridgehead atoms. The average molecular weight is 227 g/mol. The van der Waals surface area contributed by atoms with Crippen LogP contribution in [0, 0.1) is 0 Å². The molecule has 0 aliphatic carbocycles. The van der Waals surface area contributed by atoms with Gasteiger partial charge in [-0.05, 0) is 19.8 Å². The molecule has 0 spiro atoms. The van der Waals surface area contributed by atoms with Crippen LogP contribution in [0.1, 0.15) is 26.2 Å². The maximum Gasteiger partial charge on any atom is 0.332 e. The number of carbonyl (C=O) groups excluding carboxylic acids is 1. The maximum absolute atomic E-state index is 11.2. The number of allylic oxidation sites excluding steroid dienone is 1. The highest BCUT2D eigenvalue weighted by atomic mass is 16.5. The number of hydrogen-bond acceptors (Lipinski definition) is 4. The van der Waals surface area contributed by atoms with Gasteiger partial charge in [-0.1, -0.05) is 0 Å². The smallest absolute Gasteiger partial charge is 0.332 e. The van der Waals surface area contributed by atoms with Crippen molar-refractivity contribution in [2.24, 2.45) is 0 Å². The first-order valence-electron chi connectivity index (χ1n) is 5.47. The van der Waals surface area contributed by atoms with Gasteiger partial charge in [0.25, 0.3) is 0 Å². The predicted molar refractivity (Wildman–Crippen MR) is 57.8 cm³/mol. The van der Waals surface area contributed by atoms with Gasteiger partial charge in [-0.2, -0.15) is 0 Å².